The second-order valence-electron chi connectivity index (χ2n) is 3.67. The molecule has 1 aromatic heterocycles. The van der Waals surface area contributed by atoms with E-state index in [1.165, 1.54) is 0 Å². The maximum Gasteiger partial charge on any atom is 0.140 e. The molecule has 0 saturated heterocycles. The smallest absolute Gasteiger partial charge is 0.140 e. The van der Waals surface area contributed by atoms with Gasteiger partial charge in [-0.1, -0.05) is 6.92 Å². The highest BCUT2D eigenvalue weighted by Crippen LogP contribution is 2.29. The number of hydrogen-bond acceptors (Lipinski definition) is 3. The normalized spacial score (nSPS) is 17.8. The van der Waals surface area contributed by atoms with Gasteiger partial charge in [0, 0.05) is 26.6 Å². The lowest BCUT2D eigenvalue weighted by molar-refractivity contribution is -0.0986. The Kier molecular flexibility index (Phi) is 3.29. The molecular formula is C10H18N2O2. The topological polar surface area (TPSA) is 47.3 Å². The number of rotatable bonds is 4. The van der Waals surface area contributed by atoms with Crippen LogP contribution in [0.5, 0.6) is 0 Å². The van der Waals surface area contributed by atoms with Crippen LogP contribution in [0, 0.1) is 0 Å². The molecule has 0 radical (unpaired) electrons. The Morgan fingerprint density at radius 3 is 2.71 bits per heavy atom. The number of methoxy groups -OCH3 is 1. The highest BCUT2D eigenvalue weighted by molar-refractivity contribution is 5.02. The van der Waals surface area contributed by atoms with Crippen LogP contribution in [0.4, 0.5) is 0 Å². The Hall–Kier alpha value is -0.870. The van der Waals surface area contributed by atoms with Crippen LogP contribution in [-0.4, -0.2) is 27.4 Å². The van der Waals surface area contributed by atoms with Crippen molar-refractivity contribution in [1.29, 1.82) is 0 Å². The van der Waals surface area contributed by atoms with Gasteiger partial charge in [0.05, 0.1) is 5.60 Å². The van der Waals surface area contributed by atoms with Crippen LogP contribution in [0.25, 0.3) is 0 Å². The van der Waals surface area contributed by atoms with E-state index in [0.717, 1.165) is 6.42 Å². The van der Waals surface area contributed by atoms with E-state index < -0.39 is 11.7 Å². The lowest BCUT2D eigenvalue weighted by atomic mass is 9.95. The Balaban J connectivity index is 2.94. The summed E-state index contributed by atoms with van der Waals surface area (Å²) in [6, 6.07) is 0. The maximum absolute atomic E-state index is 10.1. The van der Waals surface area contributed by atoms with Crippen molar-refractivity contribution < 1.29 is 9.84 Å². The van der Waals surface area contributed by atoms with Gasteiger partial charge in [0.1, 0.15) is 11.9 Å². The molecule has 0 spiro atoms. The summed E-state index contributed by atoms with van der Waals surface area (Å²) < 4.78 is 7.13. The van der Waals surface area contributed by atoms with Crippen LogP contribution < -0.4 is 0 Å². The number of aliphatic hydroxyl groups is 1. The van der Waals surface area contributed by atoms with Gasteiger partial charge >= 0.3 is 0 Å². The predicted octanol–water partition coefficient (Wildman–Crippen LogP) is 1.27. The van der Waals surface area contributed by atoms with Crippen LogP contribution in [0.3, 0.4) is 0 Å². The molecule has 2 unspecified atom stereocenters. The Morgan fingerprint density at radius 1 is 1.71 bits per heavy atom. The molecular weight excluding hydrogens is 180 g/mol. The maximum atomic E-state index is 10.1. The third-order valence-corrected chi connectivity index (χ3v) is 2.85. The SMILES string of the molecule is CCC(C)(OC)C(O)c1nccn1C. The molecule has 4 heteroatoms. The third kappa shape index (κ3) is 1.81. The summed E-state index contributed by atoms with van der Waals surface area (Å²) >= 11 is 0. The molecule has 2 atom stereocenters. The van der Waals surface area contributed by atoms with Crippen LogP contribution >= 0.6 is 0 Å². The van der Waals surface area contributed by atoms with Gasteiger partial charge in [-0.2, -0.15) is 0 Å². The average Bonchev–Trinajstić information content (AvgIpc) is 2.62. The molecule has 0 aliphatic carbocycles. The molecule has 0 aliphatic rings. The van der Waals surface area contributed by atoms with Gasteiger partial charge in [0.2, 0.25) is 0 Å². The van der Waals surface area contributed by atoms with Crippen molar-refractivity contribution in [2.45, 2.75) is 32.0 Å². The molecule has 0 amide bonds. The van der Waals surface area contributed by atoms with Gasteiger partial charge in [-0.05, 0) is 13.3 Å². The first-order valence-electron chi connectivity index (χ1n) is 4.75. The van der Waals surface area contributed by atoms with E-state index in [4.69, 9.17) is 4.74 Å². The fourth-order valence-corrected chi connectivity index (χ4v) is 1.36. The van der Waals surface area contributed by atoms with Crippen LogP contribution in [-0.2, 0) is 11.8 Å². The zero-order valence-electron chi connectivity index (χ0n) is 9.19. The molecule has 4 nitrogen and oxygen atoms in total. The number of ether oxygens (including phenoxy) is 1. The summed E-state index contributed by atoms with van der Waals surface area (Å²) in [5.41, 5.74) is -0.570. The fraction of sp³-hybridized carbons (Fsp3) is 0.700. The minimum absolute atomic E-state index is 0.570. The summed E-state index contributed by atoms with van der Waals surface area (Å²) in [5.74, 6) is 0.635. The summed E-state index contributed by atoms with van der Waals surface area (Å²) in [7, 11) is 3.47. The number of aryl methyl sites for hydroxylation is 1. The minimum atomic E-state index is -0.697. The fourth-order valence-electron chi connectivity index (χ4n) is 1.36. The van der Waals surface area contributed by atoms with Crippen molar-refractivity contribution >= 4 is 0 Å². The van der Waals surface area contributed by atoms with Gasteiger partial charge < -0.3 is 14.4 Å². The van der Waals surface area contributed by atoms with Gasteiger partial charge in [0.15, 0.2) is 0 Å². The first-order chi connectivity index (χ1) is 6.55. The highest BCUT2D eigenvalue weighted by Gasteiger charge is 2.34. The van der Waals surface area contributed by atoms with Crippen molar-refractivity contribution in [3.8, 4) is 0 Å². The molecule has 1 rings (SSSR count). The molecule has 0 aromatic carbocycles. The van der Waals surface area contributed by atoms with Gasteiger partial charge in [-0.15, -0.1) is 0 Å². The van der Waals surface area contributed by atoms with Crippen LogP contribution in [0.2, 0.25) is 0 Å². The minimum Gasteiger partial charge on any atom is -0.382 e. The molecule has 1 aromatic rings. The number of imidazole rings is 1. The van der Waals surface area contributed by atoms with Crippen molar-refractivity contribution in [3.63, 3.8) is 0 Å². The quantitative estimate of drug-likeness (QED) is 0.792. The lowest BCUT2D eigenvalue weighted by Crippen LogP contribution is -2.35. The molecule has 80 valence electrons. The van der Waals surface area contributed by atoms with E-state index in [0.29, 0.717) is 5.82 Å². The molecule has 0 bridgehead atoms. The second-order valence-corrected chi connectivity index (χ2v) is 3.67. The van der Waals surface area contributed by atoms with Gasteiger partial charge in [0.25, 0.3) is 0 Å². The molecule has 1 heterocycles. The van der Waals surface area contributed by atoms with E-state index in [-0.39, 0.29) is 0 Å². The summed E-state index contributed by atoms with van der Waals surface area (Å²) in [6.45, 7) is 3.86. The Labute approximate surface area is 84.5 Å². The van der Waals surface area contributed by atoms with E-state index in [1.54, 1.807) is 17.9 Å². The van der Waals surface area contributed by atoms with Crippen molar-refractivity contribution in [3.05, 3.63) is 18.2 Å². The van der Waals surface area contributed by atoms with E-state index in [1.807, 2.05) is 27.1 Å². The number of hydrogen-bond donors (Lipinski definition) is 1. The third-order valence-electron chi connectivity index (χ3n) is 2.85. The summed E-state index contributed by atoms with van der Waals surface area (Å²) in [6.07, 6.45) is 3.52. The second kappa shape index (κ2) is 4.11. The number of aromatic nitrogens is 2. The highest BCUT2D eigenvalue weighted by atomic mass is 16.5. The van der Waals surface area contributed by atoms with Crippen molar-refractivity contribution in [2.75, 3.05) is 7.11 Å². The lowest BCUT2D eigenvalue weighted by Gasteiger charge is -2.31. The van der Waals surface area contributed by atoms with Gasteiger partial charge in [-0.25, -0.2) is 4.98 Å². The van der Waals surface area contributed by atoms with E-state index in [2.05, 4.69) is 4.98 Å². The first kappa shape index (κ1) is 11.2. The largest absolute Gasteiger partial charge is 0.382 e. The summed E-state index contributed by atoms with van der Waals surface area (Å²) in [4.78, 5) is 4.11. The zero-order chi connectivity index (χ0) is 10.8. The first-order valence-corrected chi connectivity index (χ1v) is 4.75. The zero-order valence-corrected chi connectivity index (χ0v) is 9.19. The average molecular weight is 198 g/mol. The molecule has 14 heavy (non-hydrogen) atoms. The monoisotopic (exact) mass is 198 g/mol. The van der Waals surface area contributed by atoms with Crippen LogP contribution in [0.1, 0.15) is 32.2 Å². The standard InChI is InChI=1S/C10H18N2O2/c1-5-10(2,14-4)8(13)9-11-6-7-12(9)3/h6-8,13H,5H2,1-4H3. The van der Waals surface area contributed by atoms with Crippen molar-refractivity contribution in [2.24, 2.45) is 7.05 Å². The predicted molar refractivity (Wildman–Crippen MR) is 53.9 cm³/mol. The molecule has 0 fully saturated rings. The van der Waals surface area contributed by atoms with Gasteiger partial charge in [-0.3, -0.25) is 0 Å². The Bertz CT molecular complexity index is 292. The van der Waals surface area contributed by atoms with Crippen molar-refractivity contribution in [1.82, 2.24) is 9.55 Å². The number of aliphatic hydroxyl groups excluding tert-OH is 1. The Morgan fingerprint density at radius 2 is 2.36 bits per heavy atom. The molecule has 0 aliphatic heterocycles. The summed E-state index contributed by atoms with van der Waals surface area (Å²) in [5, 5.41) is 10.1. The number of nitrogens with zero attached hydrogens (tertiary/aromatic N) is 2. The van der Waals surface area contributed by atoms with E-state index in [9.17, 15) is 5.11 Å². The molecule has 1 N–H and O–H groups in total. The molecule has 0 saturated carbocycles. The van der Waals surface area contributed by atoms with E-state index >= 15 is 0 Å². The van der Waals surface area contributed by atoms with Crippen LogP contribution in [0.15, 0.2) is 12.4 Å².